The normalized spacial score (nSPS) is 11.8. The Morgan fingerprint density at radius 2 is 1.95 bits per heavy atom. The molecule has 8 heteroatoms. The summed E-state index contributed by atoms with van der Waals surface area (Å²) >= 11 is 1.02. The van der Waals surface area contributed by atoms with E-state index >= 15 is 0 Å². The first kappa shape index (κ1) is 16.6. The number of hydrogen-bond acceptors (Lipinski definition) is 5. The lowest BCUT2D eigenvalue weighted by Crippen LogP contribution is -1.98. The van der Waals surface area contributed by atoms with Crippen molar-refractivity contribution in [2.24, 2.45) is 0 Å². The number of esters is 1. The third kappa shape index (κ3) is 4.88. The molecule has 0 saturated carbocycles. The van der Waals surface area contributed by atoms with Crippen LogP contribution in [-0.2, 0) is 4.74 Å². The molecular formula is C14H10F3NO2S2. The minimum absolute atomic E-state index is 0.131. The first-order valence-electron chi connectivity index (χ1n) is 5.95. The summed E-state index contributed by atoms with van der Waals surface area (Å²) in [6.07, 6.45) is 4.81. The monoisotopic (exact) mass is 345 g/mol. The highest BCUT2D eigenvalue weighted by molar-refractivity contribution is 8.00. The lowest BCUT2D eigenvalue weighted by molar-refractivity contribution is -0.0328. The highest BCUT2D eigenvalue weighted by Gasteiger charge is 2.28. The van der Waals surface area contributed by atoms with E-state index in [1.54, 1.807) is 24.3 Å². The van der Waals surface area contributed by atoms with E-state index in [-0.39, 0.29) is 16.7 Å². The Balaban J connectivity index is 2.04. The number of thiazole rings is 1. The van der Waals surface area contributed by atoms with Crippen molar-refractivity contribution in [3.63, 3.8) is 0 Å². The molecule has 0 fully saturated rings. The molecule has 116 valence electrons. The Labute approximate surface area is 132 Å². The molecule has 2 rings (SSSR count). The van der Waals surface area contributed by atoms with Gasteiger partial charge in [-0.2, -0.15) is 13.2 Å². The second-order valence-corrected chi connectivity index (χ2v) is 6.21. The Hall–Kier alpha value is -1.80. The smallest absolute Gasteiger partial charge is 0.446 e. The zero-order valence-electron chi connectivity index (χ0n) is 11.3. The Bertz CT molecular complexity index is 678. The van der Waals surface area contributed by atoms with E-state index in [2.05, 4.69) is 9.72 Å². The van der Waals surface area contributed by atoms with Gasteiger partial charge in [-0.25, -0.2) is 9.78 Å². The molecule has 1 aromatic heterocycles. The summed E-state index contributed by atoms with van der Waals surface area (Å²) in [4.78, 5) is 15.8. The third-order valence-electron chi connectivity index (χ3n) is 2.44. The Morgan fingerprint density at radius 1 is 1.27 bits per heavy atom. The number of hydrogen-bond donors (Lipinski definition) is 0. The van der Waals surface area contributed by atoms with Gasteiger partial charge in [-0.3, -0.25) is 0 Å². The van der Waals surface area contributed by atoms with Gasteiger partial charge in [-0.1, -0.05) is 18.2 Å². The van der Waals surface area contributed by atoms with Crippen molar-refractivity contribution in [1.82, 2.24) is 4.98 Å². The average Bonchev–Trinajstić information content (AvgIpc) is 2.93. The maximum absolute atomic E-state index is 12.2. The number of thioether (sulfide) groups is 1. The van der Waals surface area contributed by atoms with Crippen LogP contribution >= 0.6 is 23.1 Å². The number of aromatic nitrogens is 1. The molecule has 2 aromatic rings. The van der Waals surface area contributed by atoms with E-state index in [9.17, 15) is 18.0 Å². The molecule has 0 bridgehead atoms. The molecule has 0 aliphatic carbocycles. The molecule has 1 aromatic carbocycles. The van der Waals surface area contributed by atoms with Crippen molar-refractivity contribution in [3.05, 3.63) is 45.9 Å². The molecule has 0 radical (unpaired) electrons. The maximum Gasteiger partial charge on any atom is 0.446 e. The zero-order chi connectivity index (χ0) is 16.2. The molecule has 0 saturated heterocycles. The van der Waals surface area contributed by atoms with Crippen LogP contribution in [0.3, 0.4) is 0 Å². The number of ether oxygens (including phenoxy) is 1. The van der Waals surface area contributed by atoms with Crippen molar-refractivity contribution in [1.29, 1.82) is 0 Å². The van der Waals surface area contributed by atoms with Crippen LogP contribution in [0.15, 0.2) is 35.4 Å². The number of methoxy groups -OCH3 is 1. The number of alkyl halides is 3. The van der Waals surface area contributed by atoms with Crippen molar-refractivity contribution in [2.45, 2.75) is 10.4 Å². The fourth-order valence-corrected chi connectivity index (χ4v) is 2.79. The summed E-state index contributed by atoms with van der Waals surface area (Å²) in [6.45, 7) is 0. The van der Waals surface area contributed by atoms with Gasteiger partial charge in [-0.15, -0.1) is 11.3 Å². The lowest BCUT2D eigenvalue weighted by Gasteiger charge is -2.05. The van der Waals surface area contributed by atoms with Crippen molar-refractivity contribution in [2.75, 3.05) is 7.11 Å². The molecule has 0 amide bonds. The van der Waals surface area contributed by atoms with Gasteiger partial charge in [0.15, 0.2) is 0 Å². The summed E-state index contributed by atoms with van der Waals surface area (Å²) in [5, 5.41) is 0.606. The summed E-state index contributed by atoms with van der Waals surface area (Å²) < 4.78 is 41.2. The van der Waals surface area contributed by atoms with Gasteiger partial charge in [0.25, 0.3) is 0 Å². The van der Waals surface area contributed by atoms with E-state index in [4.69, 9.17) is 0 Å². The molecular weight excluding hydrogens is 335 g/mol. The Kier molecular flexibility index (Phi) is 5.25. The van der Waals surface area contributed by atoms with Crippen LogP contribution in [0.25, 0.3) is 12.2 Å². The number of carbonyl (C=O) groups is 1. The molecule has 0 aliphatic heterocycles. The van der Waals surface area contributed by atoms with Crippen LogP contribution in [0, 0.1) is 0 Å². The molecule has 1 heterocycles. The molecule has 22 heavy (non-hydrogen) atoms. The highest BCUT2D eigenvalue weighted by atomic mass is 32.2. The van der Waals surface area contributed by atoms with Crippen LogP contribution in [0.2, 0.25) is 0 Å². The second-order valence-electron chi connectivity index (χ2n) is 4.00. The molecule has 0 N–H and O–H groups in total. The van der Waals surface area contributed by atoms with Gasteiger partial charge >= 0.3 is 11.5 Å². The number of benzene rings is 1. The quantitative estimate of drug-likeness (QED) is 0.594. The molecule has 0 atom stereocenters. The summed E-state index contributed by atoms with van der Waals surface area (Å²) in [5.41, 5.74) is -3.55. The van der Waals surface area contributed by atoms with Crippen LogP contribution in [0.1, 0.15) is 20.2 Å². The van der Waals surface area contributed by atoms with Crippen molar-refractivity contribution >= 4 is 41.2 Å². The highest BCUT2D eigenvalue weighted by Crippen LogP contribution is 2.36. The van der Waals surface area contributed by atoms with E-state index < -0.39 is 11.5 Å². The lowest BCUT2D eigenvalue weighted by atomic mass is 10.2. The van der Waals surface area contributed by atoms with E-state index in [1.807, 2.05) is 0 Å². The standard InChI is InChI=1S/C14H10F3NO2S2/c1-20-13(19)11-8-18-12(21-11)7-4-9-2-5-10(6-3-9)22-14(15,16)17/h2-8H,1H3/b7-4+. The van der Waals surface area contributed by atoms with Crippen LogP contribution < -0.4 is 0 Å². The average molecular weight is 345 g/mol. The van der Waals surface area contributed by atoms with Crippen LogP contribution in [0.5, 0.6) is 0 Å². The van der Waals surface area contributed by atoms with Crippen molar-refractivity contribution in [3.8, 4) is 0 Å². The first-order chi connectivity index (χ1) is 10.4. The van der Waals surface area contributed by atoms with E-state index in [0.717, 1.165) is 5.56 Å². The zero-order valence-corrected chi connectivity index (χ0v) is 12.9. The summed E-state index contributed by atoms with van der Waals surface area (Å²) in [5.74, 6) is -0.453. The van der Waals surface area contributed by atoms with E-state index in [1.165, 1.54) is 36.8 Å². The minimum Gasteiger partial charge on any atom is -0.465 e. The number of carbonyl (C=O) groups excluding carboxylic acids is 1. The van der Waals surface area contributed by atoms with Gasteiger partial charge in [0, 0.05) is 4.90 Å². The fourth-order valence-electron chi connectivity index (χ4n) is 1.51. The molecule has 0 aliphatic rings. The number of rotatable bonds is 4. The van der Waals surface area contributed by atoms with Gasteiger partial charge in [0.2, 0.25) is 0 Å². The van der Waals surface area contributed by atoms with Crippen LogP contribution in [-0.4, -0.2) is 23.6 Å². The molecule has 0 unspecified atom stereocenters. The predicted octanol–water partition coefficient (Wildman–Crippen LogP) is 4.71. The Morgan fingerprint density at radius 3 is 2.55 bits per heavy atom. The predicted molar refractivity (Wildman–Crippen MR) is 80.7 cm³/mol. The van der Waals surface area contributed by atoms with Gasteiger partial charge in [-0.05, 0) is 35.5 Å². The topological polar surface area (TPSA) is 39.2 Å². The van der Waals surface area contributed by atoms with Crippen molar-refractivity contribution < 1.29 is 22.7 Å². The number of nitrogens with zero attached hydrogens (tertiary/aromatic N) is 1. The van der Waals surface area contributed by atoms with E-state index in [0.29, 0.717) is 9.88 Å². The summed E-state index contributed by atoms with van der Waals surface area (Å²) in [6, 6.07) is 5.97. The first-order valence-corrected chi connectivity index (χ1v) is 7.59. The minimum atomic E-state index is -4.29. The molecule has 0 spiro atoms. The van der Waals surface area contributed by atoms with Gasteiger partial charge in [0.05, 0.1) is 13.3 Å². The summed E-state index contributed by atoms with van der Waals surface area (Å²) in [7, 11) is 1.29. The fraction of sp³-hybridized carbons (Fsp3) is 0.143. The SMILES string of the molecule is COC(=O)c1cnc(/C=C/c2ccc(SC(F)(F)F)cc2)s1. The van der Waals surface area contributed by atoms with Gasteiger partial charge < -0.3 is 4.74 Å². The maximum atomic E-state index is 12.2. The third-order valence-corrected chi connectivity index (χ3v) is 4.12. The largest absolute Gasteiger partial charge is 0.465 e. The second kappa shape index (κ2) is 6.97. The van der Waals surface area contributed by atoms with Crippen LogP contribution in [0.4, 0.5) is 13.2 Å². The van der Waals surface area contributed by atoms with Gasteiger partial charge in [0.1, 0.15) is 9.88 Å². The molecule has 3 nitrogen and oxygen atoms in total. The number of halogens is 3.